The largest absolute Gasteiger partial charge is 0.397 e. The molecule has 1 heterocycles. The minimum absolute atomic E-state index is 0.218. The van der Waals surface area contributed by atoms with E-state index in [0.717, 1.165) is 24.5 Å². The van der Waals surface area contributed by atoms with Gasteiger partial charge in [0, 0.05) is 24.1 Å². The molecule has 0 amide bonds. The smallest absolute Gasteiger partial charge is 0.125 e. The molecular weight excluding hydrogens is 211 g/mol. The Morgan fingerprint density at radius 1 is 1.53 bits per heavy atom. The summed E-state index contributed by atoms with van der Waals surface area (Å²) in [5.74, 6) is 0.863. The molecule has 1 saturated heterocycles. The van der Waals surface area contributed by atoms with E-state index >= 15 is 0 Å². The van der Waals surface area contributed by atoms with Gasteiger partial charge in [-0.3, -0.25) is 0 Å². The first-order valence-electron chi connectivity index (χ1n) is 5.08. The SMILES string of the molecule is CC1CN(c2cc(F)ccc2N)CCS1. The number of benzene rings is 1. The van der Waals surface area contributed by atoms with Gasteiger partial charge in [0.2, 0.25) is 0 Å². The molecule has 1 atom stereocenters. The molecular formula is C11H15FN2S. The van der Waals surface area contributed by atoms with Crippen LogP contribution in [0.5, 0.6) is 0 Å². The highest BCUT2D eigenvalue weighted by Crippen LogP contribution is 2.28. The fourth-order valence-electron chi connectivity index (χ4n) is 1.83. The number of nitrogens with zero attached hydrogens (tertiary/aromatic N) is 1. The standard InChI is InChI=1S/C11H15FN2S/c1-8-7-14(4-5-15-8)11-6-9(12)2-3-10(11)13/h2-3,6,8H,4-5,7,13H2,1H3. The van der Waals surface area contributed by atoms with Crippen molar-refractivity contribution in [2.24, 2.45) is 0 Å². The molecule has 0 radical (unpaired) electrons. The van der Waals surface area contributed by atoms with Crippen LogP contribution in [0.3, 0.4) is 0 Å². The lowest BCUT2D eigenvalue weighted by Gasteiger charge is -2.33. The molecule has 15 heavy (non-hydrogen) atoms. The van der Waals surface area contributed by atoms with Crippen LogP contribution in [-0.2, 0) is 0 Å². The Bertz CT molecular complexity index is 356. The molecule has 1 aliphatic rings. The van der Waals surface area contributed by atoms with Gasteiger partial charge in [0.25, 0.3) is 0 Å². The Morgan fingerprint density at radius 3 is 3.07 bits per heavy atom. The normalized spacial score (nSPS) is 21.7. The van der Waals surface area contributed by atoms with Crippen LogP contribution < -0.4 is 10.6 Å². The first kappa shape index (κ1) is 10.6. The third kappa shape index (κ3) is 2.37. The summed E-state index contributed by atoms with van der Waals surface area (Å²) < 4.78 is 13.1. The number of halogens is 1. The molecule has 2 rings (SSSR count). The number of hydrogen-bond acceptors (Lipinski definition) is 3. The predicted octanol–water partition coefficient (Wildman–Crippen LogP) is 2.35. The molecule has 0 spiro atoms. The summed E-state index contributed by atoms with van der Waals surface area (Å²) in [5.41, 5.74) is 7.35. The number of nitrogens with two attached hydrogens (primary N) is 1. The van der Waals surface area contributed by atoms with Crippen molar-refractivity contribution in [1.29, 1.82) is 0 Å². The van der Waals surface area contributed by atoms with Gasteiger partial charge in [-0.25, -0.2) is 4.39 Å². The first-order valence-corrected chi connectivity index (χ1v) is 6.13. The zero-order valence-corrected chi connectivity index (χ0v) is 9.56. The molecule has 4 heteroatoms. The van der Waals surface area contributed by atoms with E-state index in [2.05, 4.69) is 11.8 Å². The van der Waals surface area contributed by atoms with Crippen molar-refractivity contribution in [2.75, 3.05) is 29.5 Å². The fraction of sp³-hybridized carbons (Fsp3) is 0.455. The second-order valence-electron chi connectivity index (χ2n) is 3.83. The summed E-state index contributed by atoms with van der Waals surface area (Å²) in [4.78, 5) is 2.17. The van der Waals surface area contributed by atoms with Crippen LogP contribution in [0.1, 0.15) is 6.92 Å². The quantitative estimate of drug-likeness (QED) is 0.745. The number of anilines is 2. The molecule has 1 aromatic carbocycles. The van der Waals surface area contributed by atoms with E-state index in [1.807, 2.05) is 11.8 Å². The molecule has 0 aromatic heterocycles. The number of rotatable bonds is 1. The highest BCUT2D eigenvalue weighted by atomic mass is 32.2. The number of thioether (sulfide) groups is 1. The lowest BCUT2D eigenvalue weighted by atomic mass is 10.2. The summed E-state index contributed by atoms with van der Waals surface area (Å²) in [7, 11) is 0. The van der Waals surface area contributed by atoms with Gasteiger partial charge >= 0.3 is 0 Å². The molecule has 0 aliphatic carbocycles. The predicted molar refractivity (Wildman–Crippen MR) is 64.9 cm³/mol. The van der Waals surface area contributed by atoms with E-state index in [9.17, 15) is 4.39 Å². The van der Waals surface area contributed by atoms with Crippen molar-refractivity contribution in [3.63, 3.8) is 0 Å². The topological polar surface area (TPSA) is 29.3 Å². The van der Waals surface area contributed by atoms with Crippen LogP contribution in [0.2, 0.25) is 0 Å². The number of nitrogen functional groups attached to an aromatic ring is 1. The van der Waals surface area contributed by atoms with E-state index < -0.39 is 0 Å². The molecule has 1 fully saturated rings. The van der Waals surface area contributed by atoms with Gasteiger partial charge in [-0.2, -0.15) is 11.8 Å². The maximum Gasteiger partial charge on any atom is 0.125 e. The molecule has 0 bridgehead atoms. The van der Waals surface area contributed by atoms with Crippen molar-refractivity contribution in [3.05, 3.63) is 24.0 Å². The summed E-state index contributed by atoms with van der Waals surface area (Å²) >= 11 is 1.95. The van der Waals surface area contributed by atoms with Crippen molar-refractivity contribution < 1.29 is 4.39 Å². The van der Waals surface area contributed by atoms with E-state index in [1.165, 1.54) is 12.1 Å². The maximum absolute atomic E-state index is 13.1. The van der Waals surface area contributed by atoms with Crippen LogP contribution in [0, 0.1) is 5.82 Å². The van der Waals surface area contributed by atoms with E-state index in [1.54, 1.807) is 6.07 Å². The molecule has 1 unspecified atom stereocenters. The van der Waals surface area contributed by atoms with Crippen molar-refractivity contribution >= 4 is 23.1 Å². The summed E-state index contributed by atoms with van der Waals surface area (Å²) in [6.07, 6.45) is 0. The molecule has 1 aromatic rings. The molecule has 1 aliphatic heterocycles. The third-order valence-corrected chi connectivity index (χ3v) is 3.71. The van der Waals surface area contributed by atoms with Gasteiger partial charge < -0.3 is 10.6 Å². The summed E-state index contributed by atoms with van der Waals surface area (Å²) in [6.45, 7) is 4.08. The van der Waals surface area contributed by atoms with Crippen molar-refractivity contribution in [1.82, 2.24) is 0 Å². The minimum atomic E-state index is -0.218. The van der Waals surface area contributed by atoms with Crippen molar-refractivity contribution in [2.45, 2.75) is 12.2 Å². The van der Waals surface area contributed by atoms with E-state index in [0.29, 0.717) is 10.9 Å². The highest BCUT2D eigenvalue weighted by molar-refractivity contribution is 8.00. The van der Waals surface area contributed by atoms with Gasteiger partial charge in [0.1, 0.15) is 5.82 Å². The lowest BCUT2D eigenvalue weighted by Crippen LogP contribution is -2.37. The highest BCUT2D eigenvalue weighted by Gasteiger charge is 2.18. The second-order valence-corrected chi connectivity index (χ2v) is 5.38. The molecule has 2 nitrogen and oxygen atoms in total. The second kappa shape index (κ2) is 4.31. The summed E-state index contributed by atoms with van der Waals surface area (Å²) in [5, 5.41) is 0.585. The van der Waals surface area contributed by atoms with Crippen molar-refractivity contribution in [3.8, 4) is 0 Å². The van der Waals surface area contributed by atoms with Crippen LogP contribution in [0.4, 0.5) is 15.8 Å². The Hall–Kier alpha value is -0.900. The molecule has 2 N–H and O–H groups in total. The zero-order chi connectivity index (χ0) is 10.8. The Kier molecular flexibility index (Phi) is 3.05. The Morgan fingerprint density at radius 2 is 2.33 bits per heavy atom. The minimum Gasteiger partial charge on any atom is -0.397 e. The monoisotopic (exact) mass is 226 g/mol. The lowest BCUT2D eigenvalue weighted by molar-refractivity contribution is 0.626. The van der Waals surface area contributed by atoms with E-state index in [4.69, 9.17) is 5.73 Å². The Balaban J connectivity index is 2.24. The van der Waals surface area contributed by atoms with Crippen LogP contribution >= 0.6 is 11.8 Å². The number of hydrogen-bond donors (Lipinski definition) is 1. The Labute approximate surface area is 93.6 Å². The third-order valence-electron chi connectivity index (χ3n) is 2.57. The van der Waals surface area contributed by atoms with Crippen LogP contribution in [0.25, 0.3) is 0 Å². The van der Waals surface area contributed by atoms with Gasteiger partial charge in [-0.15, -0.1) is 0 Å². The molecule has 0 saturated carbocycles. The maximum atomic E-state index is 13.1. The van der Waals surface area contributed by atoms with Gasteiger partial charge in [-0.05, 0) is 18.2 Å². The first-order chi connectivity index (χ1) is 7.16. The average Bonchev–Trinajstić information content (AvgIpc) is 2.22. The van der Waals surface area contributed by atoms with Gasteiger partial charge in [0.05, 0.1) is 11.4 Å². The average molecular weight is 226 g/mol. The molecule has 82 valence electrons. The van der Waals surface area contributed by atoms with Crippen LogP contribution in [-0.4, -0.2) is 24.1 Å². The van der Waals surface area contributed by atoms with Crippen LogP contribution in [0.15, 0.2) is 18.2 Å². The van der Waals surface area contributed by atoms with Gasteiger partial charge in [0.15, 0.2) is 0 Å². The fourth-order valence-corrected chi connectivity index (χ4v) is 2.84. The van der Waals surface area contributed by atoms with E-state index in [-0.39, 0.29) is 5.82 Å². The van der Waals surface area contributed by atoms with Gasteiger partial charge in [-0.1, -0.05) is 6.92 Å². The zero-order valence-electron chi connectivity index (χ0n) is 8.74. The summed E-state index contributed by atoms with van der Waals surface area (Å²) in [6, 6.07) is 4.57.